The molecule has 17 heavy (non-hydrogen) atoms. The molecule has 0 heterocycles. The average Bonchev–Trinajstić information content (AvgIpc) is 2.25. The van der Waals surface area contributed by atoms with Crippen molar-refractivity contribution in [1.29, 1.82) is 0 Å². The van der Waals surface area contributed by atoms with Gasteiger partial charge in [-0.25, -0.2) is 9.59 Å². The molecule has 0 aliphatic rings. The summed E-state index contributed by atoms with van der Waals surface area (Å²) in [6.07, 6.45) is 2.16. The Morgan fingerprint density at radius 1 is 1.12 bits per heavy atom. The van der Waals surface area contributed by atoms with Crippen LogP contribution in [0.1, 0.15) is 46.0 Å². The molecule has 0 aromatic heterocycles. The van der Waals surface area contributed by atoms with Crippen molar-refractivity contribution >= 4 is 11.9 Å². The van der Waals surface area contributed by atoms with Gasteiger partial charge in [-0.05, 0) is 30.5 Å². The zero-order valence-corrected chi connectivity index (χ0v) is 12.7. The Morgan fingerprint density at radius 2 is 1.59 bits per heavy atom. The van der Waals surface area contributed by atoms with Gasteiger partial charge in [-0.2, -0.15) is 0 Å². The second-order valence-corrected chi connectivity index (χ2v) is 3.55. The zero-order valence-electron chi connectivity index (χ0n) is 9.77. The summed E-state index contributed by atoms with van der Waals surface area (Å²) in [6, 6.07) is 4.35. The van der Waals surface area contributed by atoms with Gasteiger partial charge in [-0.15, -0.1) is 0 Å². The SMILES string of the molecule is CCCCc1c(C(=O)O)cccc1C(=O)O.[Zn]. The van der Waals surface area contributed by atoms with Crippen LogP contribution >= 0.6 is 0 Å². The van der Waals surface area contributed by atoms with Gasteiger partial charge >= 0.3 is 11.9 Å². The van der Waals surface area contributed by atoms with Crippen molar-refractivity contribution in [3.63, 3.8) is 0 Å². The Labute approximate surface area is 112 Å². The fourth-order valence-electron chi connectivity index (χ4n) is 1.61. The maximum absolute atomic E-state index is 11.0. The summed E-state index contributed by atoms with van der Waals surface area (Å²) in [7, 11) is 0. The van der Waals surface area contributed by atoms with Crippen molar-refractivity contribution in [3.8, 4) is 0 Å². The van der Waals surface area contributed by atoms with E-state index in [1.165, 1.54) is 18.2 Å². The van der Waals surface area contributed by atoms with E-state index < -0.39 is 11.9 Å². The molecule has 0 saturated heterocycles. The third-order valence-corrected chi connectivity index (χ3v) is 2.42. The van der Waals surface area contributed by atoms with E-state index in [2.05, 4.69) is 0 Å². The van der Waals surface area contributed by atoms with E-state index in [9.17, 15) is 9.59 Å². The number of rotatable bonds is 5. The van der Waals surface area contributed by atoms with Crippen molar-refractivity contribution in [2.75, 3.05) is 0 Å². The summed E-state index contributed by atoms with van der Waals surface area (Å²) in [6.45, 7) is 1.98. The topological polar surface area (TPSA) is 74.6 Å². The second-order valence-electron chi connectivity index (χ2n) is 3.55. The Hall–Kier alpha value is -1.22. The minimum Gasteiger partial charge on any atom is -0.478 e. The second kappa shape index (κ2) is 7.18. The molecule has 0 atom stereocenters. The van der Waals surface area contributed by atoms with Gasteiger partial charge in [0.05, 0.1) is 11.1 Å². The van der Waals surface area contributed by atoms with Crippen molar-refractivity contribution in [1.82, 2.24) is 0 Å². The fourth-order valence-corrected chi connectivity index (χ4v) is 1.61. The smallest absolute Gasteiger partial charge is 0.335 e. The van der Waals surface area contributed by atoms with Gasteiger partial charge in [-0.3, -0.25) is 0 Å². The molecule has 0 amide bonds. The maximum Gasteiger partial charge on any atom is 0.335 e. The third-order valence-electron chi connectivity index (χ3n) is 2.42. The van der Waals surface area contributed by atoms with Gasteiger partial charge in [-0.1, -0.05) is 19.4 Å². The first-order valence-corrected chi connectivity index (χ1v) is 5.16. The summed E-state index contributed by atoms with van der Waals surface area (Å²) >= 11 is 0. The first-order chi connectivity index (χ1) is 7.57. The molecule has 4 nitrogen and oxygen atoms in total. The van der Waals surface area contributed by atoms with Crippen LogP contribution < -0.4 is 0 Å². The molecular formula is C12H14O4Zn. The quantitative estimate of drug-likeness (QED) is 0.816. The van der Waals surface area contributed by atoms with Gasteiger partial charge in [0.25, 0.3) is 0 Å². The normalized spacial score (nSPS) is 9.47. The first kappa shape index (κ1) is 15.8. The van der Waals surface area contributed by atoms with Crippen LogP contribution in [0.15, 0.2) is 18.2 Å². The predicted molar refractivity (Wildman–Crippen MR) is 59.0 cm³/mol. The number of aromatic carboxylic acids is 2. The monoisotopic (exact) mass is 286 g/mol. The predicted octanol–water partition coefficient (Wildman–Crippen LogP) is 2.42. The molecule has 0 spiro atoms. The van der Waals surface area contributed by atoms with Crippen LogP contribution in [-0.2, 0) is 25.9 Å². The van der Waals surface area contributed by atoms with E-state index >= 15 is 0 Å². The fraction of sp³-hybridized carbons (Fsp3) is 0.333. The summed E-state index contributed by atoms with van der Waals surface area (Å²) in [4.78, 5) is 21.9. The molecule has 0 aliphatic heterocycles. The first-order valence-electron chi connectivity index (χ1n) is 5.16. The van der Waals surface area contributed by atoms with Crippen LogP contribution in [0.25, 0.3) is 0 Å². The molecule has 1 aromatic rings. The Balaban J connectivity index is 0.00000256. The number of carbonyl (C=O) groups is 2. The molecule has 0 fully saturated rings. The number of unbranched alkanes of at least 4 members (excludes halogenated alkanes) is 1. The number of benzene rings is 1. The van der Waals surface area contributed by atoms with Crippen LogP contribution in [0, 0.1) is 0 Å². The average molecular weight is 288 g/mol. The van der Waals surface area contributed by atoms with Gasteiger partial charge in [0.1, 0.15) is 0 Å². The molecule has 1 aromatic carbocycles. The molecule has 0 aliphatic carbocycles. The molecule has 5 heteroatoms. The Kier molecular flexibility index (Phi) is 6.66. The summed E-state index contributed by atoms with van der Waals surface area (Å²) in [5.41, 5.74) is 0.603. The van der Waals surface area contributed by atoms with E-state index in [-0.39, 0.29) is 30.6 Å². The standard InChI is InChI=1S/C12H14O4.Zn/c1-2-3-5-8-9(11(13)14)6-4-7-10(8)12(15)16;/h4,6-7H,2-3,5H2,1H3,(H,13,14)(H,15,16);. The van der Waals surface area contributed by atoms with Gasteiger partial charge in [0.2, 0.25) is 0 Å². The van der Waals surface area contributed by atoms with Crippen LogP contribution in [-0.4, -0.2) is 22.2 Å². The Morgan fingerprint density at radius 3 is 1.94 bits per heavy atom. The molecule has 2 N–H and O–H groups in total. The zero-order chi connectivity index (χ0) is 12.1. The van der Waals surface area contributed by atoms with Crippen LogP contribution in [0.5, 0.6) is 0 Å². The number of hydrogen-bond acceptors (Lipinski definition) is 2. The summed E-state index contributed by atoms with van der Waals surface area (Å²) in [5.74, 6) is -2.15. The van der Waals surface area contributed by atoms with Crippen molar-refractivity contribution in [2.24, 2.45) is 0 Å². The van der Waals surface area contributed by atoms with Crippen LogP contribution in [0.2, 0.25) is 0 Å². The van der Waals surface area contributed by atoms with Gasteiger partial charge in [0, 0.05) is 19.5 Å². The minimum absolute atomic E-state index is 0. The molecule has 0 bridgehead atoms. The minimum atomic E-state index is -1.07. The molecule has 1 rings (SSSR count). The van der Waals surface area contributed by atoms with E-state index in [0.29, 0.717) is 12.0 Å². The number of hydrogen-bond donors (Lipinski definition) is 2. The maximum atomic E-state index is 11.0. The van der Waals surface area contributed by atoms with Gasteiger partial charge < -0.3 is 10.2 Å². The summed E-state index contributed by atoms with van der Waals surface area (Å²) < 4.78 is 0. The van der Waals surface area contributed by atoms with E-state index in [1.807, 2.05) is 6.92 Å². The number of carboxylic acid groups (broad SMARTS) is 2. The van der Waals surface area contributed by atoms with Crippen LogP contribution in [0.3, 0.4) is 0 Å². The molecular weight excluding hydrogens is 274 g/mol. The third kappa shape index (κ3) is 3.93. The van der Waals surface area contributed by atoms with Crippen molar-refractivity contribution in [3.05, 3.63) is 34.9 Å². The van der Waals surface area contributed by atoms with Crippen molar-refractivity contribution in [2.45, 2.75) is 26.2 Å². The van der Waals surface area contributed by atoms with E-state index in [4.69, 9.17) is 10.2 Å². The van der Waals surface area contributed by atoms with E-state index in [0.717, 1.165) is 12.8 Å². The molecule has 0 radical (unpaired) electrons. The van der Waals surface area contributed by atoms with Gasteiger partial charge in [0.15, 0.2) is 0 Å². The number of carboxylic acids is 2. The van der Waals surface area contributed by atoms with E-state index in [1.54, 1.807) is 0 Å². The Bertz CT molecular complexity index is 383. The largest absolute Gasteiger partial charge is 0.478 e. The molecule has 0 unspecified atom stereocenters. The summed E-state index contributed by atoms with van der Waals surface area (Å²) in [5, 5.41) is 18.0. The van der Waals surface area contributed by atoms with Crippen LogP contribution in [0.4, 0.5) is 0 Å². The molecule has 0 saturated carbocycles. The molecule has 88 valence electrons. The van der Waals surface area contributed by atoms with Crippen molar-refractivity contribution < 1.29 is 39.3 Å².